The average molecular weight is 100 g/mol. The second kappa shape index (κ2) is 1.75. The summed E-state index contributed by atoms with van der Waals surface area (Å²) in [6.45, 7) is 0. The van der Waals surface area contributed by atoms with Crippen LogP contribution in [0.5, 0.6) is 0 Å². The van der Waals surface area contributed by atoms with Gasteiger partial charge in [-0.15, -0.1) is 8.86 Å². The molecule has 1 saturated carbocycles. The summed E-state index contributed by atoms with van der Waals surface area (Å²) < 4.78 is 0. The van der Waals surface area contributed by atoms with Gasteiger partial charge in [0.15, 0.2) is 0 Å². The van der Waals surface area contributed by atoms with Crippen LogP contribution >= 0.6 is 8.86 Å². The van der Waals surface area contributed by atoms with Gasteiger partial charge in [0.25, 0.3) is 0 Å². The summed E-state index contributed by atoms with van der Waals surface area (Å²) in [6.07, 6.45) is 4.19. The molecular formula is C5H9P. The summed E-state index contributed by atoms with van der Waals surface area (Å²) >= 11 is 0. The molecule has 0 heterocycles. The van der Waals surface area contributed by atoms with Crippen molar-refractivity contribution in [2.45, 2.75) is 19.3 Å². The minimum Gasteiger partial charge on any atom is -0.127 e. The van der Waals surface area contributed by atoms with Gasteiger partial charge in [-0.1, -0.05) is 5.80 Å². The molecule has 1 fully saturated rings. The Morgan fingerprint density at radius 1 is 1.67 bits per heavy atom. The van der Waals surface area contributed by atoms with E-state index in [4.69, 9.17) is 0 Å². The maximum atomic E-state index is 3.31. The zero-order valence-electron chi connectivity index (χ0n) is 3.78. The van der Waals surface area contributed by atoms with Crippen molar-refractivity contribution in [3.05, 3.63) is 0 Å². The minimum atomic E-state index is 1.04. The summed E-state index contributed by atoms with van der Waals surface area (Å²) in [5, 5.41) is 0. The van der Waals surface area contributed by atoms with Gasteiger partial charge < -0.3 is 0 Å². The SMILES string of the molecule is P=CCC1CC1. The normalized spacial score (nSPS) is 20.7. The van der Waals surface area contributed by atoms with E-state index >= 15 is 0 Å². The second-order valence-electron chi connectivity index (χ2n) is 1.88. The Morgan fingerprint density at radius 2 is 2.33 bits per heavy atom. The van der Waals surface area contributed by atoms with Crippen LogP contribution < -0.4 is 0 Å². The molecule has 0 aromatic heterocycles. The number of hydrogen-bond acceptors (Lipinski definition) is 0. The van der Waals surface area contributed by atoms with Crippen LogP contribution in [-0.2, 0) is 0 Å². The third kappa shape index (κ3) is 1.10. The van der Waals surface area contributed by atoms with Gasteiger partial charge in [0.05, 0.1) is 0 Å². The topological polar surface area (TPSA) is 0 Å². The van der Waals surface area contributed by atoms with E-state index in [0.29, 0.717) is 0 Å². The molecule has 0 atom stereocenters. The molecule has 34 valence electrons. The molecule has 1 aliphatic carbocycles. The van der Waals surface area contributed by atoms with Gasteiger partial charge in [-0.2, -0.15) is 0 Å². The zero-order chi connectivity index (χ0) is 4.41. The first-order valence-electron chi connectivity index (χ1n) is 2.42. The van der Waals surface area contributed by atoms with Gasteiger partial charge in [-0.05, 0) is 25.2 Å². The molecule has 0 unspecified atom stereocenters. The fourth-order valence-corrected chi connectivity index (χ4v) is 0.854. The van der Waals surface area contributed by atoms with Crippen LogP contribution in [0.4, 0.5) is 0 Å². The first-order chi connectivity index (χ1) is 2.93. The molecule has 0 aliphatic heterocycles. The molecule has 0 bridgehead atoms. The Hall–Kier alpha value is 0.170. The third-order valence-electron chi connectivity index (χ3n) is 1.15. The smallest absolute Gasteiger partial charge is 0.0281 e. The highest BCUT2D eigenvalue weighted by molar-refractivity contribution is 7.18. The van der Waals surface area contributed by atoms with E-state index in [1.54, 1.807) is 0 Å². The fourth-order valence-electron chi connectivity index (χ4n) is 0.520. The molecule has 0 spiro atoms. The van der Waals surface area contributed by atoms with Crippen LogP contribution in [0.3, 0.4) is 0 Å². The average Bonchev–Trinajstić information content (AvgIpc) is 2.21. The maximum absolute atomic E-state index is 3.31. The van der Waals surface area contributed by atoms with Gasteiger partial charge >= 0.3 is 0 Å². The van der Waals surface area contributed by atoms with E-state index in [9.17, 15) is 0 Å². The van der Waals surface area contributed by atoms with E-state index in [2.05, 4.69) is 14.7 Å². The molecule has 1 heteroatoms. The summed E-state index contributed by atoms with van der Waals surface area (Å²) in [7, 11) is 3.31. The maximum Gasteiger partial charge on any atom is -0.0281 e. The molecule has 0 nitrogen and oxygen atoms in total. The van der Waals surface area contributed by atoms with Crippen LogP contribution in [0, 0.1) is 5.92 Å². The summed E-state index contributed by atoms with van der Waals surface area (Å²) in [5.74, 6) is 3.11. The van der Waals surface area contributed by atoms with E-state index < -0.39 is 0 Å². The summed E-state index contributed by atoms with van der Waals surface area (Å²) in [5.41, 5.74) is 0. The van der Waals surface area contributed by atoms with E-state index in [-0.39, 0.29) is 0 Å². The minimum absolute atomic E-state index is 1.04. The van der Waals surface area contributed by atoms with Crippen molar-refractivity contribution in [2.75, 3.05) is 0 Å². The molecule has 0 amide bonds. The van der Waals surface area contributed by atoms with E-state index in [1.807, 2.05) is 0 Å². The Bertz CT molecular complexity index is 55.0. The molecule has 1 rings (SSSR count). The van der Waals surface area contributed by atoms with Crippen LogP contribution in [0.15, 0.2) is 0 Å². The molecule has 6 heavy (non-hydrogen) atoms. The quantitative estimate of drug-likeness (QED) is 0.463. The highest BCUT2D eigenvalue weighted by atomic mass is 31.0. The van der Waals surface area contributed by atoms with Crippen LogP contribution in [0.2, 0.25) is 0 Å². The van der Waals surface area contributed by atoms with Gasteiger partial charge in [-0.25, -0.2) is 0 Å². The predicted molar refractivity (Wildman–Crippen MR) is 31.7 cm³/mol. The zero-order valence-corrected chi connectivity index (χ0v) is 4.78. The van der Waals surface area contributed by atoms with Crippen LogP contribution in [0.1, 0.15) is 19.3 Å². The Morgan fingerprint density at radius 3 is 2.50 bits per heavy atom. The van der Waals surface area contributed by atoms with Gasteiger partial charge in [0.1, 0.15) is 0 Å². The van der Waals surface area contributed by atoms with Crippen molar-refractivity contribution in [3.63, 3.8) is 0 Å². The molecule has 0 aromatic rings. The van der Waals surface area contributed by atoms with Crippen molar-refractivity contribution in [1.82, 2.24) is 0 Å². The Labute approximate surface area is 40.8 Å². The molecule has 0 aromatic carbocycles. The molecule has 0 radical (unpaired) electrons. The lowest BCUT2D eigenvalue weighted by atomic mass is 10.3. The lowest BCUT2D eigenvalue weighted by Gasteiger charge is -1.76. The monoisotopic (exact) mass is 100 g/mol. The second-order valence-corrected chi connectivity index (χ2v) is 2.29. The van der Waals surface area contributed by atoms with Gasteiger partial charge in [-0.3, -0.25) is 0 Å². The summed E-state index contributed by atoms with van der Waals surface area (Å²) in [6, 6.07) is 0. The lowest BCUT2D eigenvalue weighted by Crippen LogP contribution is -1.69. The van der Waals surface area contributed by atoms with Gasteiger partial charge in [0, 0.05) is 0 Å². The van der Waals surface area contributed by atoms with Crippen molar-refractivity contribution in [3.8, 4) is 0 Å². The first-order valence-corrected chi connectivity index (χ1v) is 3.00. The van der Waals surface area contributed by atoms with Crippen molar-refractivity contribution < 1.29 is 0 Å². The first kappa shape index (κ1) is 4.33. The standard InChI is InChI=1S/C5H9P/c6-4-3-5-1-2-5/h4-6H,1-3H2. The highest BCUT2D eigenvalue weighted by Gasteiger charge is 2.18. The van der Waals surface area contributed by atoms with Crippen molar-refractivity contribution >= 4 is 14.7 Å². The number of rotatable bonds is 2. The van der Waals surface area contributed by atoms with E-state index in [1.165, 1.54) is 19.3 Å². The fraction of sp³-hybridized carbons (Fsp3) is 0.800. The molecule has 1 aliphatic rings. The Kier molecular flexibility index (Phi) is 1.26. The highest BCUT2D eigenvalue weighted by Crippen LogP contribution is 2.31. The van der Waals surface area contributed by atoms with Gasteiger partial charge in [0.2, 0.25) is 0 Å². The lowest BCUT2D eigenvalue weighted by molar-refractivity contribution is 0.915. The van der Waals surface area contributed by atoms with E-state index in [0.717, 1.165) is 5.92 Å². The van der Waals surface area contributed by atoms with Crippen LogP contribution in [0.25, 0.3) is 0 Å². The predicted octanol–water partition coefficient (Wildman–Crippen LogP) is 1.73. The van der Waals surface area contributed by atoms with Crippen molar-refractivity contribution in [2.24, 2.45) is 5.92 Å². The van der Waals surface area contributed by atoms with Crippen molar-refractivity contribution in [1.29, 1.82) is 0 Å². The Balaban J connectivity index is 2.00. The summed E-state index contributed by atoms with van der Waals surface area (Å²) in [4.78, 5) is 0. The van der Waals surface area contributed by atoms with Crippen LogP contribution in [-0.4, -0.2) is 5.80 Å². The largest absolute Gasteiger partial charge is 0.127 e. The molecule has 0 N–H and O–H groups in total. The number of hydrogen-bond donors (Lipinski definition) is 0. The molecule has 0 saturated heterocycles. The molecular weight excluding hydrogens is 91.0 g/mol. The third-order valence-corrected chi connectivity index (χ3v) is 1.38.